The van der Waals surface area contributed by atoms with Gasteiger partial charge in [-0.25, -0.2) is 0 Å². The van der Waals surface area contributed by atoms with Gasteiger partial charge < -0.3 is 0 Å². The molecule has 0 aromatic carbocycles. The maximum Gasteiger partial charge on any atom is 0.0384 e. The molecule has 1 rings (SSSR count). The van der Waals surface area contributed by atoms with Crippen molar-refractivity contribution in [2.45, 2.75) is 25.1 Å². The molecule has 0 aromatic rings. The van der Waals surface area contributed by atoms with Gasteiger partial charge in [-0.1, -0.05) is 25.2 Å². The van der Waals surface area contributed by atoms with Gasteiger partial charge in [-0.05, 0) is 12.0 Å². The smallest absolute Gasteiger partial charge is 0.0384 e. The zero-order valence-electron chi connectivity index (χ0n) is 5.02. The lowest BCUT2D eigenvalue weighted by Crippen LogP contribution is -2.13. The van der Waals surface area contributed by atoms with Crippen molar-refractivity contribution >= 4 is 8.80 Å². The van der Waals surface area contributed by atoms with Crippen molar-refractivity contribution in [3.63, 3.8) is 0 Å². The molecule has 1 aliphatic rings. The van der Waals surface area contributed by atoms with Gasteiger partial charge in [-0.3, -0.25) is 0 Å². The molecule has 1 heteroatoms. The van der Waals surface area contributed by atoms with Gasteiger partial charge in [0.05, 0.1) is 0 Å². The van der Waals surface area contributed by atoms with Crippen molar-refractivity contribution in [3.05, 3.63) is 12.2 Å². The predicted molar refractivity (Wildman–Crippen MR) is 36.4 cm³/mol. The molecule has 7 heavy (non-hydrogen) atoms. The van der Waals surface area contributed by atoms with Crippen LogP contribution < -0.4 is 0 Å². The number of rotatable bonds is 1. The minimum Gasteiger partial charge on any atom is -0.0883 e. The molecule has 0 amide bonds. The molecule has 1 aliphatic carbocycles. The standard InChI is InChI=1S/C6H12Si/c1-7(2)6-4-3-5-6/h3-4,6-7H,5H2,1-2H3. The normalized spacial score (nSPS) is 28.1. The van der Waals surface area contributed by atoms with E-state index in [4.69, 9.17) is 0 Å². The van der Waals surface area contributed by atoms with E-state index in [9.17, 15) is 0 Å². The quantitative estimate of drug-likeness (QED) is 0.358. The minimum atomic E-state index is -0.265. The topological polar surface area (TPSA) is 0 Å². The van der Waals surface area contributed by atoms with E-state index in [2.05, 4.69) is 25.2 Å². The molecule has 40 valence electrons. The van der Waals surface area contributed by atoms with Crippen LogP contribution in [0.5, 0.6) is 0 Å². The highest BCUT2D eigenvalue weighted by molar-refractivity contribution is 6.58. The highest BCUT2D eigenvalue weighted by atomic mass is 28.3. The summed E-state index contributed by atoms with van der Waals surface area (Å²) in [6.07, 6.45) is 6.01. The molecule has 0 nitrogen and oxygen atoms in total. The van der Waals surface area contributed by atoms with Gasteiger partial charge in [0.15, 0.2) is 0 Å². The molecule has 0 fully saturated rings. The summed E-state index contributed by atoms with van der Waals surface area (Å²) in [6, 6.07) is 0. The number of hydrogen-bond acceptors (Lipinski definition) is 0. The zero-order chi connectivity index (χ0) is 5.28. The maximum atomic E-state index is 2.41. The van der Waals surface area contributed by atoms with Crippen LogP contribution in [-0.2, 0) is 0 Å². The van der Waals surface area contributed by atoms with E-state index in [1.54, 1.807) is 0 Å². The average Bonchev–Trinajstić information content (AvgIpc) is 1.23. The van der Waals surface area contributed by atoms with Gasteiger partial charge >= 0.3 is 0 Å². The Morgan fingerprint density at radius 2 is 2.14 bits per heavy atom. The molecular weight excluding hydrogens is 100 g/mol. The largest absolute Gasteiger partial charge is 0.0883 e. The second kappa shape index (κ2) is 1.82. The summed E-state index contributed by atoms with van der Waals surface area (Å²) >= 11 is 0. The summed E-state index contributed by atoms with van der Waals surface area (Å²) in [5.41, 5.74) is 1.04. The first-order chi connectivity index (χ1) is 3.30. The summed E-state index contributed by atoms with van der Waals surface area (Å²) in [5.74, 6) is 0. The first-order valence-electron chi connectivity index (χ1n) is 2.97. The number of hydrogen-bond donors (Lipinski definition) is 0. The highest BCUT2D eigenvalue weighted by Crippen LogP contribution is 2.25. The predicted octanol–water partition coefficient (Wildman–Crippen LogP) is 1.80. The van der Waals surface area contributed by atoms with Crippen LogP contribution in [0.1, 0.15) is 6.42 Å². The van der Waals surface area contributed by atoms with E-state index in [1.807, 2.05) is 0 Å². The maximum absolute atomic E-state index is 2.41. The lowest BCUT2D eigenvalue weighted by molar-refractivity contribution is 0.930. The fraction of sp³-hybridized carbons (Fsp3) is 0.667. The van der Waals surface area contributed by atoms with Crippen LogP contribution in [0.15, 0.2) is 12.2 Å². The Labute approximate surface area is 46.8 Å². The molecule has 0 aliphatic heterocycles. The summed E-state index contributed by atoms with van der Waals surface area (Å²) in [7, 11) is -0.265. The van der Waals surface area contributed by atoms with Crippen LogP contribution in [0.3, 0.4) is 0 Å². The Hall–Kier alpha value is -0.0431. The molecule has 0 N–H and O–H groups in total. The summed E-state index contributed by atoms with van der Waals surface area (Å²) in [6.45, 7) is 4.82. The Morgan fingerprint density at radius 1 is 1.57 bits per heavy atom. The van der Waals surface area contributed by atoms with Crippen LogP contribution in [0, 0.1) is 0 Å². The van der Waals surface area contributed by atoms with Crippen LogP contribution in [0.25, 0.3) is 0 Å². The second-order valence-electron chi connectivity index (χ2n) is 2.57. The first-order valence-corrected chi connectivity index (χ1v) is 5.95. The molecule has 0 heterocycles. The Morgan fingerprint density at radius 3 is 2.14 bits per heavy atom. The molecule has 0 saturated heterocycles. The molecule has 0 bridgehead atoms. The van der Waals surface area contributed by atoms with E-state index < -0.39 is 0 Å². The van der Waals surface area contributed by atoms with Crippen LogP contribution >= 0.6 is 0 Å². The summed E-state index contributed by atoms with van der Waals surface area (Å²) in [4.78, 5) is 0. The third-order valence-corrected chi connectivity index (χ3v) is 3.85. The molecular formula is C6H12Si. The second-order valence-corrected chi connectivity index (χ2v) is 5.92. The van der Waals surface area contributed by atoms with Crippen molar-refractivity contribution in [3.8, 4) is 0 Å². The van der Waals surface area contributed by atoms with Crippen molar-refractivity contribution in [1.29, 1.82) is 0 Å². The van der Waals surface area contributed by atoms with E-state index in [0.29, 0.717) is 0 Å². The highest BCUT2D eigenvalue weighted by Gasteiger charge is 2.13. The Kier molecular flexibility index (Phi) is 1.33. The van der Waals surface area contributed by atoms with E-state index in [-0.39, 0.29) is 8.80 Å². The lowest BCUT2D eigenvalue weighted by Gasteiger charge is -2.19. The van der Waals surface area contributed by atoms with Crippen molar-refractivity contribution in [1.82, 2.24) is 0 Å². The third-order valence-electron chi connectivity index (χ3n) is 1.65. The molecule has 0 spiro atoms. The molecule has 0 saturated carbocycles. The van der Waals surface area contributed by atoms with Crippen molar-refractivity contribution in [2.75, 3.05) is 0 Å². The molecule has 0 aromatic heterocycles. The minimum absolute atomic E-state index is 0.265. The van der Waals surface area contributed by atoms with Gasteiger partial charge in [-0.2, -0.15) is 0 Å². The van der Waals surface area contributed by atoms with Gasteiger partial charge in [-0.15, -0.1) is 0 Å². The molecule has 0 radical (unpaired) electrons. The van der Waals surface area contributed by atoms with Gasteiger partial charge in [0.25, 0.3) is 0 Å². The van der Waals surface area contributed by atoms with Crippen LogP contribution in [0.4, 0.5) is 0 Å². The zero-order valence-corrected chi connectivity index (χ0v) is 6.17. The van der Waals surface area contributed by atoms with Crippen molar-refractivity contribution in [2.24, 2.45) is 0 Å². The molecule has 1 unspecified atom stereocenters. The van der Waals surface area contributed by atoms with Crippen LogP contribution in [-0.4, -0.2) is 8.80 Å². The van der Waals surface area contributed by atoms with Gasteiger partial charge in [0.1, 0.15) is 0 Å². The van der Waals surface area contributed by atoms with Crippen molar-refractivity contribution < 1.29 is 0 Å². The monoisotopic (exact) mass is 112 g/mol. The average molecular weight is 112 g/mol. The SMILES string of the molecule is C[SiH](C)C1C=CC1. The van der Waals surface area contributed by atoms with Crippen LogP contribution in [0.2, 0.25) is 18.6 Å². The summed E-state index contributed by atoms with van der Waals surface area (Å²) in [5, 5.41) is 0. The lowest BCUT2D eigenvalue weighted by atomic mass is 10.1. The van der Waals surface area contributed by atoms with E-state index in [0.717, 1.165) is 5.54 Å². The fourth-order valence-corrected chi connectivity index (χ4v) is 2.09. The summed E-state index contributed by atoms with van der Waals surface area (Å²) < 4.78 is 0. The van der Waals surface area contributed by atoms with Gasteiger partial charge in [0, 0.05) is 8.80 Å². The Balaban J connectivity index is 2.29. The number of allylic oxidation sites excluding steroid dienone is 2. The first kappa shape index (κ1) is 5.10. The van der Waals surface area contributed by atoms with E-state index in [1.165, 1.54) is 6.42 Å². The third kappa shape index (κ3) is 0.941. The van der Waals surface area contributed by atoms with Gasteiger partial charge in [0.2, 0.25) is 0 Å². The Bertz CT molecular complexity index is 84.2. The van der Waals surface area contributed by atoms with E-state index >= 15 is 0 Å². The molecule has 1 atom stereocenters. The fourth-order valence-electron chi connectivity index (χ4n) is 0.788.